The van der Waals surface area contributed by atoms with Crippen molar-refractivity contribution >= 4 is 15.9 Å². The molecule has 1 rings (SSSR count). The molecule has 1 aromatic heterocycles. The normalized spacial score (nSPS) is 10.4. The molecule has 2 nitrogen and oxygen atoms in total. The maximum atomic E-state index is 5.54. The molecule has 0 aliphatic rings. The summed E-state index contributed by atoms with van der Waals surface area (Å²) in [7, 11) is 0. The Hall–Kier alpha value is -0.570. The van der Waals surface area contributed by atoms with Crippen LogP contribution in [0.2, 0.25) is 0 Å². The summed E-state index contributed by atoms with van der Waals surface area (Å²) in [6.45, 7) is 3.02. The lowest BCUT2D eigenvalue weighted by atomic mass is 10.1. The molecule has 0 bridgehead atoms. The lowest BCUT2D eigenvalue weighted by molar-refractivity contribution is 0.293. The third-order valence-corrected chi connectivity index (χ3v) is 2.92. The zero-order valence-electron chi connectivity index (χ0n) is 9.92. The first-order valence-corrected chi connectivity index (χ1v) is 6.86. The van der Waals surface area contributed by atoms with Crippen molar-refractivity contribution in [1.29, 1.82) is 0 Å². The van der Waals surface area contributed by atoms with E-state index in [-0.39, 0.29) is 0 Å². The lowest BCUT2D eigenvalue weighted by Gasteiger charge is -2.04. The Bertz CT molecular complexity index is 274. The molecule has 90 valence electrons. The van der Waals surface area contributed by atoms with Crippen molar-refractivity contribution in [2.45, 2.75) is 45.4 Å². The minimum Gasteiger partial charge on any atom is -0.478 e. The molecule has 0 saturated carbocycles. The number of hydrogen-bond donors (Lipinski definition) is 0. The number of rotatable bonds is 8. The van der Waals surface area contributed by atoms with Crippen LogP contribution in [0.25, 0.3) is 0 Å². The molecule has 16 heavy (non-hydrogen) atoms. The summed E-state index contributed by atoms with van der Waals surface area (Å²) in [6, 6.07) is 3.84. The van der Waals surface area contributed by atoms with E-state index in [0.717, 1.165) is 23.4 Å². The fourth-order valence-electron chi connectivity index (χ4n) is 1.51. The van der Waals surface area contributed by atoms with E-state index in [1.165, 1.54) is 32.1 Å². The molecule has 0 unspecified atom stereocenters. The van der Waals surface area contributed by atoms with Crippen molar-refractivity contribution in [2.24, 2.45) is 0 Å². The zero-order valence-corrected chi connectivity index (χ0v) is 11.5. The van der Waals surface area contributed by atoms with E-state index in [4.69, 9.17) is 4.74 Å². The van der Waals surface area contributed by atoms with Gasteiger partial charge in [-0.2, -0.15) is 0 Å². The Morgan fingerprint density at radius 3 is 2.56 bits per heavy atom. The number of halogens is 1. The Morgan fingerprint density at radius 2 is 1.88 bits per heavy atom. The number of hydrogen-bond acceptors (Lipinski definition) is 2. The quantitative estimate of drug-likeness (QED) is 0.652. The van der Waals surface area contributed by atoms with Crippen LogP contribution in [0.3, 0.4) is 0 Å². The summed E-state index contributed by atoms with van der Waals surface area (Å²) in [5.74, 6) is 0.719. The van der Waals surface area contributed by atoms with E-state index < -0.39 is 0 Å². The third-order valence-electron chi connectivity index (χ3n) is 2.45. The Labute approximate surface area is 107 Å². The highest BCUT2D eigenvalue weighted by atomic mass is 79.9. The van der Waals surface area contributed by atoms with Gasteiger partial charge in [-0.15, -0.1) is 0 Å². The second kappa shape index (κ2) is 8.57. The van der Waals surface area contributed by atoms with Crippen molar-refractivity contribution in [1.82, 2.24) is 4.98 Å². The Kier molecular flexibility index (Phi) is 7.23. The van der Waals surface area contributed by atoms with Gasteiger partial charge in [0.15, 0.2) is 0 Å². The molecule has 1 aromatic rings. The van der Waals surface area contributed by atoms with Crippen LogP contribution in [-0.2, 0) is 0 Å². The highest BCUT2D eigenvalue weighted by molar-refractivity contribution is 9.10. The van der Waals surface area contributed by atoms with Gasteiger partial charge in [0.1, 0.15) is 0 Å². The molecule has 0 radical (unpaired) electrons. The van der Waals surface area contributed by atoms with Crippen molar-refractivity contribution in [3.8, 4) is 5.88 Å². The molecule has 0 aliphatic heterocycles. The van der Waals surface area contributed by atoms with Crippen LogP contribution < -0.4 is 4.74 Å². The van der Waals surface area contributed by atoms with Gasteiger partial charge in [-0.05, 0) is 28.4 Å². The van der Waals surface area contributed by atoms with E-state index in [2.05, 4.69) is 27.8 Å². The summed E-state index contributed by atoms with van der Waals surface area (Å²) in [5, 5.41) is 0. The smallest absolute Gasteiger partial charge is 0.213 e. The van der Waals surface area contributed by atoms with Crippen LogP contribution in [0.15, 0.2) is 22.8 Å². The van der Waals surface area contributed by atoms with Gasteiger partial charge in [0, 0.05) is 16.7 Å². The zero-order chi connectivity index (χ0) is 11.6. The molecule has 0 saturated heterocycles. The number of aromatic nitrogens is 1. The SMILES string of the molecule is CCCCCCCCOc1ccc(Br)cn1. The molecule has 0 spiro atoms. The molecule has 0 amide bonds. The summed E-state index contributed by atoms with van der Waals surface area (Å²) >= 11 is 3.34. The van der Waals surface area contributed by atoms with Gasteiger partial charge in [0.25, 0.3) is 0 Å². The van der Waals surface area contributed by atoms with Gasteiger partial charge in [-0.1, -0.05) is 39.0 Å². The molecular weight excluding hydrogens is 266 g/mol. The number of nitrogens with zero attached hydrogens (tertiary/aromatic N) is 1. The van der Waals surface area contributed by atoms with Gasteiger partial charge in [-0.3, -0.25) is 0 Å². The van der Waals surface area contributed by atoms with Crippen LogP contribution in [0.4, 0.5) is 0 Å². The maximum Gasteiger partial charge on any atom is 0.213 e. The third kappa shape index (κ3) is 6.11. The van der Waals surface area contributed by atoms with E-state index >= 15 is 0 Å². The molecule has 1 heterocycles. The molecular formula is C13H20BrNO. The second-order valence-corrected chi connectivity index (χ2v) is 4.85. The fourth-order valence-corrected chi connectivity index (χ4v) is 1.74. The first kappa shape index (κ1) is 13.5. The van der Waals surface area contributed by atoms with Crippen LogP contribution in [0, 0.1) is 0 Å². The van der Waals surface area contributed by atoms with Crippen LogP contribution in [0.1, 0.15) is 45.4 Å². The summed E-state index contributed by atoms with van der Waals surface area (Å²) in [5.41, 5.74) is 0. The monoisotopic (exact) mass is 285 g/mol. The topological polar surface area (TPSA) is 22.1 Å². The van der Waals surface area contributed by atoms with Crippen molar-refractivity contribution < 1.29 is 4.74 Å². The molecule has 0 aromatic carbocycles. The first-order chi connectivity index (χ1) is 7.83. The van der Waals surface area contributed by atoms with Crippen molar-refractivity contribution in [3.05, 3.63) is 22.8 Å². The summed E-state index contributed by atoms with van der Waals surface area (Å²) in [6.07, 6.45) is 9.49. The Balaban J connectivity index is 2.01. The molecule has 3 heteroatoms. The van der Waals surface area contributed by atoms with Crippen LogP contribution >= 0.6 is 15.9 Å². The van der Waals surface area contributed by atoms with Crippen molar-refractivity contribution in [2.75, 3.05) is 6.61 Å². The molecule has 0 N–H and O–H groups in total. The minimum atomic E-state index is 0.719. The number of ether oxygens (including phenoxy) is 1. The predicted octanol–water partition coefficient (Wildman–Crippen LogP) is 4.58. The lowest BCUT2D eigenvalue weighted by Crippen LogP contribution is -1.98. The highest BCUT2D eigenvalue weighted by Gasteiger charge is 1.95. The van der Waals surface area contributed by atoms with Crippen LogP contribution in [-0.4, -0.2) is 11.6 Å². The maximum absolute atomic E-state index is 5.54. The average molecular weight is 286 g/mol. The largest absolute Gasteiger partial charge is 0.478 e. The van der Waals surface area contributed by atoms with E-state index in [1.807, 2.05) is 12.1 Å². The minimum absolute atomic E-state index is 0.719. The average Bonchev–Trinajstić information content (AvgIpc) is 2.30. The number of pyridine rings is 1. The molecule has 0 atom stereocenters. The standard InChI is InChI=1S/C13H20BrNO/c1-2-3-4-5-6-7-10-16-13-9-8-12(14)11-15-13/h8-9,11H,2-7,10H2,1H3. The van der Waals surface area contributed by atoms with E-state index in [0.29, 0.717) is 0 Å². The van der Waals surface area contributed by atoms with E-state index in [1.54, 1.807) is 6.20 Å². The van der Waals surface area contributed by atoms with Crippen LogP contribution in [0.5, 0.6) is 5.88 Å². The summed E-state index contributed by atoms with van der Waals surface area (Å²) < 4.78 is 6.52. The van der Waals surface area contributed by atoms with Gasteiger partial charge in [-0.25, -0.2) is 4.98 Å². The Morgan fingerprint density at radius 1 is 1.12 bits per heavy atom. The molecule has 0 aliphatic carbocycles. The van der Waals surface area contributed by atoms with Crippen molar-refractivity contribution in [3.63, 3.8) is 0 Å². The van der Waals surface area contributed by atoms with E-state index in [9.17, 15) is 0 Å². The number of unbranched alkanes of at least 4 members (excludes halogenated alkanes) is 5. The predicted molar refractivity (Wildman–Crippen MR) is 70.8 cm³/mol. The van der Waals surface area contributed by atoms with Gasteiger partial charge in [0.05, 0.1) is 6.61 Å². The van der Waals surface area contributed by atoms with Gasteiger partial charge >= 0.3 is 0 Å². The first-order valence-electron chi connectivity index (χ1n) is 6.07. The van der Waals surface area contributed by atoms with Gasteiger partial charge < -0.3 is 4.74 Å². The molecule has 0 fully saturated rings. The fraction of sp³-hybridized carbons (Fsp3) is 0.615. The summed E-state index contributed by atoms with van der Waals surface area (Å²) in [4.78, 5) is 4.16. The highest BCUT2D eigenvalue weighted by Crippen LogP contribution is 2.13. The second-order valence-electron chi connectivity index (χ2n) is 3.93. The van der Waals surface area contributed by atoms with Gasteiger partial charge in [0.2, 0.25) is 5.88 Å².